The SMILES string of the molecule is CC(C)[C@@H](CO)NS(=O)(=O)c1c(Cl)cccc1Cl. The van der Waals surface area contributed by atoms with Gasteiger partial charge in [-0.2, -0.15) is 0 Å². The lowest BCUT2D eigenvalue weighted by Gasteiger charge is -2.20. The molecule has 4 nitrogen and oxygen atoms in total. The van der Waals surface area contributed by atoms with E-state index >= 15 is 0 Å². The van der Waals surface area contributed by atoms with Crippen LogP contribution in [0.4, 0.5) is 0 Å². The molecule has 0 saturated carbocycles. The van der Waals surface area contributed by atoms with E-state index < -0.39 is 16.1 Å². The molecular weight excluding hydrogens is 297 g/mol. The van der Waals surface area contributed by atoms with E-state index in [2.05, 4.69) is 4.72 Å². The fourth-order valence-electron chi connectivity index (χ4n) is 1.38. The highest BCUT2D eigenvalue weighted by molar-refractivity contribution is 7.89. The Kier molecular flexibility index (Phi) is 5.43. The van der Waals surface area contributed by atoms with Gasteiger partial charge in [0.2, 0.25) is 10.0 Å². The van der Waals surface area contributed by atoms with E-state index in [9.17, 15) is 8.42 Å². The van der Waals surface area contributed by atoms with Crippen molar-refractivity contribution in [3.8, 4) is 0 Å². The molecule has 0 aliphatic rings. The number of aliphatic hydroxyl groups excluding tert-OH is 1. The van der Waals surface area contributed by atoms with Gasteiger partial charge < -0.3 is 5.11 Å². The van der Waals surface area contributed by atoms with Gasteiger partial charge in [-0.1, -0.05) is 43.1 Å². The molecule has 0 aliphatic carbocycles. The number of sulfonamides is 1. The molecule has 0 aromatic heterocycles. The molecule has 102 valence electrons. The smallest absolute Gasteiger partial charge is 0.243 e. The molecule has 1 atom stereocenters. The molecule has 0 bridgehead atoms. The second-order valence-electron chi connectivity index (χ2n) is 4.21. The number of aliphatic hydroxyl groups is 1. The average molecular weight is 312 g/mol. The van der Waals surface area contributed by atoms with Gasteiger partial charge in [-0.15, -0.1) is 0 Å². The quantitative estimate of drug-likeness (QED) is 0.876. The summed E-state index contributed by atoms with van der Waals surface area (Å²) in [6.07, 6.45) is 0. The van der Waals surface area contributed by atoms with Crippen LogP contribution >= 0.6 is 23.2 Å². The van der Waals surface area contributed by atoms with Crippen LogP contribution in [-0.2, 0) is 10.0 Å². The minimum Gasteiger partial charge on any atom is -0.395 e. The van der Waals surface area contributed by atoms with Crippen molar-refractivity contribution < 1.29 is 13.5 Å². The summed E-state index contributed by atoms with van der Waals surface area (Å²) in [5.41, 5.74) is 0. The van der Waals surface area contributed by atoms with Gasteiger partial charge in [-0.25, -0.2) is 13.1 Å². The Hall–Kier alpha value is -0.330. The van der Waals surface area contributed by atoms with E-state index in [1.807, 2.05) is 0 Å². The van der Waals surface area contributed by atoms with Crippen LogP contribution in [0.2, 0.25) is 10.0 Å². The predicted octanol–water partition coefficient (Wildman–Crippen LogP) is 2.29. The van der Waals surface area contributed by atoms with Gasteiger partial charge in [0.05, 0.1) is 16.7 Å². The van der Waals surface area contributed by atoms with Crippen molar-refractivity contribution in [1.29, 1.82) is 0 Å². The molecule has 1 aromatic rings. The second kappa shape index (κ2) is 6.21. The Morgan fingerprint density at radius 1 is 1.28 bits per heavy atom. The van der Waals surface area contributed by atoms with Gasteiger partial charge in [-0.05, 0) is 18.1 Å². The molecule has 0 fully saturated rings. The zero-order valence-electron chi connectivity index (χ0n) is 10.0. The maximum atomic E-state index is 12.2. The summed E-state index contributed by atoms with van der Waals surface area (Å²) < 4.78 is 26.7. The van der Waals surface area contributed by atoms with Crippen molar-refractivity contribution in [1.82, 2.24) is 4.72 Å². The monoisotopic (exact) mass is 311 g/mol. The number of rotatable bonds is 5. The summed E-state index contributed by atoms with van der Waals surface area (Å²) in [5.74, 6) is -0.0500. The second-order valence-corrected chi connectivity index (χ2v) is 6.67. The third-order valence-electron chi connectivity index (χ3n) is 2.50. The lowest BCUT2D eigenvalue weighted by molar-refractivity contribution is 0.227. The lowest BCUT2D eigenvalue weighted by atomic mass is 10.1. The summed E-state index contributed by atoms with van der Waals surface area (Å²) in [4.78, 5) is -0.160. The van der Waals surface area contributed by atoms with Crippen molar-refractivity contribution in [3.05, 3.63) is 28.2 Å². The number of nitrogens with one attached hydrogen (secondary N) is 1. The van der Waals surface area contributed by atoms with Crippen molar-refractivity contribution >= 4 is 33.2 Å². The minimum absolute atomic E-state index is 0.0500. The lowest BCUT2D eigenvalue weighted by Crippen LogP contribution is -2.41. The van der Waals surface area contributed by atoms with Crippen LogP contribution in [0.1, 0.15) is 13.8 Å². The predicted molar refractivity (Wildman–Crippen MR) is 72.5 cm³/mol. The van der Waals surface area contributed by atoms with Crippen LogP contribution in [0.5, 0.6) is 0 Å². The van der Waals surface area contributed by atoms with Crippen LogP contribution in [-0.4, -0.2) is 26.2 Å². The van der Waals surface area contributed by atoms with Crippen LogP contribution < -0.4 is 4.72 Å². The number of hydrogen-bond acceptors (Lipinski definition) is 3. The highest BCUT2D eigenvalue weighted by Crippen LogP contribution is 2.29. The third-order valence-corrected chi connectivity index (χ3v) is 4.94. The highest BCUT2D eigenvalue weighted by Gasteiger charge is 2.26. The fourth-order valence-corrected chi connectivity index (χ4v) is 3.90. The van der Waals surface area contributed by atoms with E-state index in [0.717, 1.165) is 0 Å². The topological polar surface area (TPSA) is 66.4 Å². The molecule has 0 radical (unpaired) electrons. The largest absolute Gasteiger partial charge is 0.395 e. The molecule has 1 aromatic carbocycles. The van der Waals surface area contributed by atoms with E-state index in [0.29, 0.717) is 0 Å². The molecular formula is C11H15Cl2NO3S. The first-order chi connectivity index (χ1) is 8.29. The Bertz CT molecular complexity index is 497. The van der Waals surface area contributed by atoms with E-state index in [1.54, 1.807) is 19.9 Å². The van der Waals surface area contributed by atoms with Crippen LogP contribution in [0.15, 0.2) is 23.1 Å². The summed E-state index contributed by atoms with van der Waals surface area (Å²) in [6.45, 7) is 3.31. The molecule has 0 amide bonds. The van der Waals surface area contributed by atoms with Gasteiger partial charge >= 0.3 is 0 Å². The van der Waals surface area contributed by atoms with Crippen molar-refractivity contribution in [3.63, 3.8) is 0 Å². The van der Waals surface area contributed by atoms with E-state index in [1.165, 1.54) is 12.1 Å². The molecule has 0 heterocycles. The van der Waals surface area contributed by atoms with Crippen LogP contribution in [0.25, 0.3) is 0 Å². The molecule has 0 saturated heterocycles. The van der Waals surface area contributed by atoms with Gasteiger partial charge in [0, 0.05) is 6.04 Å². The number of hydrogen-bond donors (Lipinski definition) is 2. The van der Waals surface area contributed by atoms with Crippen molar-refractivity contribution in [2.75, 3.05) is 6.61 Å². The maximum absolute atomic E-state index is 12.2. The van der Waals surface area contributed by atoms with Gasteiger partial charge in [0.25, 0.3) is 0 Å². The van der Waals surface area contributed by atoms with E-state index in [-0.39, 0.29) is 27.5 Å². The Balaban J connectivity index is 3.15. The summed E-state index contributed by atoms with van der Waals surface area (Å²) in [5, 5.41) is 9.26. The molecule has 1 rings (SSSR count). The first kappa shape index (κ1) is 15.7. The Morgan fingerprint density at radius 2 is 1.78 bits per heavy atom. The fraction of sp³-hybridized carbons (Fsp3) is 0.455. The van der Waals surface area contributed by atoms with Crippen LogP contribution in [0.3, 0.4) is 0 Å². The molecule has 2 N–H and O–H groups in total. The first-order valence-electron chi connectivity index (χ1n) is 5.36. The summed E-state index contributed by atoms with van der Waals surface area (Å²) in [6, 6.07) is 3.88. The van der Waals surface area contributed by atoms with Gasteiger partial charge in [0.15, 0.2) is 0 Å². The van der Waals surface area contributed by atoms with Crippen molar-refractivity contribution in [2.45, 2.75) is 24.8 Å². The zero-order chi connectivity index (χ0) is 13.9. The standard InChI is InChI=1S/C11H15Cl2NO3S/c1-7(2)10(6-15)14-18(16,17)11-8(12)4-3-5-9(11)13/h3-5,7,10,14-15H,6H2,1-2H3/t10-/m1/s1. The number of halogens is 2. The summed E-state index contributed by atoms with van der Waals surface area (Å²) in [7, 11) is -3.85. The van der Waals surface area contributed by atoms with Crippen molar-refractivity contribution in [2.24, 2.45) is 5.92 Å². The first-order valence-corrected chi connectivity index (χ1v) is 7.60. The highest BCUT2D eigenvalue weighted by atomic mass is 35.5. The maximum Gasteiger partial charge on any atom is 0.243 e. The minimum atomic E-state index is -3.85. The molecule has 0 spiro atoms. The van der Waals surface area contributed by atoms with Crippen LogP contribution in [0, 0.1) is 5.92 Å². The molecule has 0 unspecified atom stereocenters. The average Bonchev–Trinajstić information content (AvgIpc) is 2.25. The molecule has 7 heteroatoms. The van der Waals surface area contributed by atoms with Gasteiger partial charge in [0.1, 0.15) is 4.90 Å². The Labute approximate surface area is 117 Å². The molecule has 18 heavy (non-hydrogen) atoms. The Morgan fingerprint density at radius 3 is 2.17 bits per heavy atom. The van der Waals surface area contributed by atoms with Gasteiger partial charge in [-0.3, -0.25) is 0 Å². The zero-order valence-corrected chi connectivity index (χ0v) is 12.4. The van der Waals surface area contributed by atoms with E-state index in [4.69, 9.17) is 28.3 Å². The molecule has 0 aliphatic heterocycles. The third kappa shape index (κ3) is 3.59. The summed E-state index contributed by atoms with van der Waals surface area (Å²) >= 11 is 11.7. The normalized spacial score (nSPS) is 13.9. The number of benzene rings is 1.